The molecule has 0 fully saturated rings. The number of hydrogen-bond donors (Lipinski definition) is 1. The highest BCUT2D eigenvalue weighted by Gasteiger charge is 2.42. The average Bonchev–Trinajstić information content (AvgIpc) is 3.30. The molecule has 1 atom stereocenters. The maximum Gasteiger partial charge on any atom is 0.243 e. The fourth-order valence-electron chi connectivity index (χ4n) is 5.18. The standard InChI is InChI=1S/C29H33FN4O3S/c1-29(2,3)20-6-12-23(13-7-20)38(36,37)33-15-14-19-16-26-24(27(25(19)18-33)28(35)32(4)5)17-31-34(26)22-10-8-21(30)9-11-22/h6-13,16-17,27,31H,14-15,18H2,1-5H3/t27-/m0/s1. The van der Waals surface area contributed by atoms with Gasteiger partial charge in [-0.2, -0.15) is 4.31 Å². The van der Waals surface area contributed by atoms with Gasteiger partial charge in [0.15, 0.2) is 0 Å². The Labute approximate surface area is 223 Å². The van der Waals surface area contributed by atoms with E-state index in [1.807, 2.05) is 23.2 Å². The minimum atomic E-state index is -3.75. The normalized spacial score (nSPS) is 19.8. The van der Waals surface area contributed by atoms with Crippen molar-refractivity contribution in [3.8, 4) is 0 Å². The molecule has 5 rings (SSSR count). The summed E-state index contributed by atoms with van der Waals surface area (Å²) in [5.41, 5.74) is 8.26. The molecule has 1 aliphatic carbocycles. The fraction of sp³-hybridized carbons (Fsp3) is 0.345. The van der Waals surface area contributed by atoms with Crippen LogP contribution in [-0.2, 0) is 20.2 Å². The zero-order valence-electron chi connectivity index (χ0n) is 22.3. The number of fused-ring (bicyclic) bond motifs is 1. The van der Waals surface area contributed by atoms with Gasteiger partial charge in [0.25, 0.3) is 0 Å². The van der Waals surface area contributed by atoms with Crippen LogP contribution < -0.4 is 10.4 Å². The van der Waals surface area contributed by atoms with Gasteiger partial charge in [0, 0.05) is 39.0 Å². The summed E-state index contributed by atoms with van der Waals surface area (Å²) < 4.78 is 42.3. The first-order valence-corrected chi connectivity index (χ1v) is 14.1. The number of benzene rings is 2. The lowest BCUT2D eigenvalue weighted by Crippen LogP contribution is -2.43. The van der Waals surface area contributed by atoms with Gasteiger partial charge in [0.05, 0.1) is 22.2 Å². The Morgan fingerprint density at radius 1 is 1.05 bits per heavy atom. The van der Waals surface area contributed by atoms with Crippen molar-refractivity contribution in [1.82, 2.24) is 14.6 Å². The number of allylic oxidation sites excluding steroid dienone is 2. The first-order valence-electron chi connectivity index (χ1n) is 12.7. The summed E-state index contributed by atoms with van der Waals surface area (Å²) in [5, 5.41) is 1.83. The Morgan fingerprint density at radius 3 is 2.32 bits per heavy atom. The molecule has 3 aliphatic rings. The van der Waals surface area contributed by atoms with Crippen LogP contribution in [0.25, 0.3) is 0 Å². The van der Waals surface area contributed by atoms with Crippen LogP contribution in [0, 0.1) is 11.7 Å². The number of nitrogens with one attached hydrogen (secondary N) is 1. The number of amides is 1. The first-order chi connectivity index (χ1) is 17.9. The van der Waals surface area contributed by atoms with Crippen LogP contribution in [0.5, 0.6) is 0 Å². The predicted octanol–water partition coefficient (Wildman–Crippen LogP) is 4.32. The minimum Gasteiger partial charge on any atom is -0.348 e. The lowest BCUT2D eigenvalue weighted by Gasteiger charge is -2.37. The van der Waals surface area contributed by atoms with Crippen LogP contribution in [0.15, 0.2) is 88.1 Å². The second-order valence-electron chi connectivity index (χ2n) is 11.1. The molecule has 1 N–H and O–H groups in total. The smallest absolute Gasteiger partial charge is 0.243 e. The maximum absolute atomic E-state index is 13.7. The largest absolute Gasteiger partial charge is 0.348 e. The lowest BCUT2D eigenvalue weighted by molar-refractivity contribution is -0.130. The zero-order chi connectivity index (χ0) is 27.4. The maximum atomic E-state index is 13.7. The van der Waals surface area contributed by atoms with Crippen LogP contribution in [0.3, 0.4) is 0 Å². The third-order valence-corrected chi connectivity index (χ3v) is 9.24. The van der Waals surface area contributed by atoms with Gasteiger partial charge in [0.2, 0.25) is 15.9 Å². The highest BCUT2D eigenvalue weighted by molar-refractivity contribution is 7.89. The van der Waals surface area contributed by atoms with Crippen molar-refractivity contribution < 1.29 is 17.6 Å². The third kappa shape index (κ3) is 4.54. The van der Waals surface area contributed by atoms with Crippen molar-refractivity contribution in [2.24, 2.45) is 5.92 Å². The molecule has 7 nitrogen and oxygen atoms in total. The topological polar surface area (TPSA) is 73.0 Å². The van der Waals surface area contributed by atoms with E-state index in [9.17, 15) is 17.6 Å². The van der Waals surface area contributed by atoms with Gasteiger partial charge in [-0.05, 0) is 71.0 Å². The molecular weight excluding hydrogens is 503 g/mol. The summed E-state index contributed by atoms with van der Waals surface area (Å²) in [5.74, 6) is -1.07. The number of carbonyl (C=O) groups is 1. The fourth-order valence-corrected chi connectivity index (χ4v) is 6.60. The molecule has 0 bridgehead atoms. The van der Waals surface area contributed by atoms with Crippen molar-refractivity contribution in [2.75, 3.05) is 32.2 Å². The number of carbonyl (C=O) groups excluding carboxylic acids is 1. The monoisotopic (exact) mass is 536 g/mol. The summed E-state index contributed by atoms with van der Waals surface area (Å²) in [6.45, 7) is 6.72. The molecule has 0 unspecified atom stereocenters. The van der Waals surface area contributed by atoms with Gasteiger partial charge in [-0.3, -0.25) is 9.80 Å². The third-order valence-electron chi connectivity index (χ3n) is 7.38. The van der Waals surface area contributed by atoms with Crippen LogP contribution in [-0.4, -0.2) is 50.7 Å². The Bertz CT molecular complexity index is 1470. The van der Waals surface area contributed by atoms with Crippen molar-refractivity contribution in [1.29, 1.82) is 0 Å². The molecule has 0 saturated heterocycles. The van der Waals surface area contributed by atoms with Gasteiger partial charge in [-0.15, -0.1) is 0 Å². The van der Waals surface area contributed by atoms with E-state index in [4.69, 9.17) is 0 Å². The molecule has 9 heteroatoms. The average molecular weight is 537 g/mol. The molecule has 2 aromatic carbocycles. The highest BCUT2D eigenvalue weighted by atomic mass is 32.2. The Morgan fingerprint density at radius 2 is 1.71 bits per heavy atom. The number of sulfonamides is 1. The first kappa shape index (κ1) is 26.2. The lowest BCUT2D eigenvalue weighted by atomic mass is 9.78. The Balaban J connectivity index is 1.50. The van der Waals surface area contributed by atoms with Gasteiger partial charge in [-0.1, -0.05) is 32.9 Å². The van der Waals surface area contributed by atoms with Crippen molar-refractivity contribution in [3.05, 3.63) is 94.6 Å². The summed E-state index contributed by atoms with van der Waals surface area (Å²) in [6, 6.07) is 13.2. The van der Waals surface area contributed by atoms with Gasteiger partial charge in [0.1, 0.15) is 5.82 Å². The summed E-state index contributed by atoms with van der Waals surface area (Å²) in [4.78, 5) is 15.3. The van der Waals surface area contributed by atoms with E-state index in [-0.39, 0.29) is 28.6 Å². The quantitative estimate of drug-likeness (QED) is 0.630. The number of nitrogens with zero attached hydrogens (tertiary/aromatic N) is 3. The molecule has 1 amide bonds. The molecule has 0 aromatic heterocycles. The van der Waals surface area contributed by atoms with Gasteiger partial charge in [-0.25, -0.2) is 12.8 Å². The van der Waals surface area contributed by atoms with E-state index in [0.717, 1.165) is 33.7 Å². The molecule has 0 spiro atoms. The molecule has 2 heterocycles. The highest BCUT2D eigenvalue weighted by Crippen LogP contribution is 2.43. The molecule has 0 saturated carbocycles. The van der Waals surface area contributed by atoms with Crippen LogP contribution in [0.4, 0.5) is 10.1 Å². The Kier molecular flexibility index (Phi) is 6.47. The number of anilines is 1. The number of hydrazine groups is 1. The van der Waals surface area contributed by atoms with Gasteiger partial charge < -0.3 is 10.3 Å². The van der Waals surface area contributed by atoms with E-state index in [0.29, 0.717) is 13.0 Å². The summed E-state index contributed by atoms with van der Waals surface area (Å²) >= 11 is 0. The van der Waals surface area contributed by atoms with E-state index in [2.05, 4.69) is 26.2 Å². The second-order valence-corrected chi connectivity index (χ2v) is 13.1. The number of halogens is 1. The van der Waals surface area contributed by atoms with E-state index < -0.39 is 15.9 Å². The Hall–Kier alpha value is -3.43. The van der Waals surface area contributed by atoms with Crippen molar-refractivity contribution in [3.63, 3.8) is 0 Å². The summed E-state index contributed by atoms with van der Waals surface area (Å²) in [6.07, 6.45) is 4.29. The molecule has 2 aromatic rings. The minimum absolute atomic E-state index is 0.0795. The van der Waals surface area contributed by atoms with Crippen LogP contribution >= 0.6 is 0 Å². The second kappa shape index (κ2) is 9.39. The number of hydrogen-bond acceptors (Lipinski definition) is 5. The van der Waals surface area contributed by atoms with Crippen molar-refractivity contribution in [2.45, 2.75) is 37.5 Å². The molecule has 38 heavy (non-hydrogen) atoms. The van der Waals surface area contributed by atoms with Crippen LogP contribution in [0.2, 0.25) is 0 Å². The molecule has 200 valence electrons. The van der Waals surface area contributed by atoms with Crippen LogP contribution in [0.1, 0.15) is 32.8 Å². The SMILES string of the molecule is CN(C)C(=O)[C@H]1C2=CNN(c3ccc(F)cc3)C2=CC2=C1CN(S(=O)(=O)c1ccc(C(C)(C)C)cc1)CC2. The van der Waals surface area contributed by atoms with E-state index in [1.54, 1.807) is 44.6 Å². The zero-order valence-corrected chi connectivity index (χ0v) is 23.1. The van der Waals surface area contributed by atoms with Gasteiger partial charge >= 0.3 is 0 Å². The molecular formula is C29H33FN4O3S. The summed E-state index contributed by atoms with van der Waals surface area (Å²) in [7, 11) is -0.344. The van der Waals surface area contributed by atoms with E-state index >= 15 is 0 Å². The predicted molar refractivity (Wildman–Crippen MR) is 146 cm³/mol. The molecule has 2 aliphatic heterocycles. The molecule has 0 radical (unpaired) electrons. The number of rotatable bonds is 4. The van der Waals surface area contributed by atoms with E-state index in [1.165, 1.54) is 21.3 Å². The van der Waals surface area contributed by atoms with Crippen molar-refractivity contribution >= 4 is 21.6 Å².